The Hall–Kier alpha value is -3.13. The van der Waals surface area contributed by atoms with Crippen LogP contribution < -0.4 is 15.4 Å². The number of carbonyl (C=O) groups is 2. The van der Waals surface area contributed by atoms with Gasteiger partial charge in [0.2, 0.25) is 5.91 Å². The molecule has 0 bridgehead atoms. The highest BCUT2D eigenvalue weighted by molar-refractivity contribution is 7.92. The van der Waals surface area contributed by atoms with Crippen LogP contribution in [0.2, 0.25) is 0 Å². The lowest BCUT2D eigenvalue weighted by Gasteiger charge is -2.12. The molecule has 26 heavy (non-hydrogen) atoms. The molecule has 0 aliphatic carbocycles. The highest BCUT2D eigenvalue weighted by atomic mass is 32.2. The first-order valence-corrected chi connectivity index (χ1v) is 9.20. The number of rotatable bonds is 7. The van der Waals surface area contributed by atoms with Gasteiger partial charge in [0.15, 0.2) is 0 Å². The number of hydrogen-bond acceptors (Lipinski definition) is 4. The molecule has 0 spiro atoms. The normalized spacial score (nSPS) is 10.7. The first kappa shape index (κ1) is 19.2. The van der Waals surface area contributed by atoms with Crippen LogP contribution in [0, 0.1) is 0 Å². The van der Waals surface area contributed by atoms with E-state index in [1.54, 1.807) is 12.1 Å². The molecule has 0 unspecified atom stereocenters. The zero-order valence-electron chi connectivity index (χ0n) is 14.2. The van der Waals surface area contributed by atoms with Crippen LogP contribution in [-0.4, -0.2) is 26.8 Å². The number of para-hydroxylation sites is 1. The van der Waals surface area contributed by atoms with Crippen molar-refractivity contribution < 1.29 is 18.0 Å². The molecule has 2 rings (SSSR count). The van der Waals surface area contributed by atoms with Crippen LogP contribution in [0.5, 0.6) is 0 Å². The van der Waals surface area contributed by atoms with E-state index in [1.807, 2.05) is 0 Å². The smallest absolute Gasteiger partial charge is 0.261 e. The maximum absolute atomic E-state index is 12.6. The largest absolute Gasteiger partial charge is 0.349 e. The number of sulfonamides is 1. The van der Waals surface area contributed by atoms with Crippen molar-refractivity contribution in [2.24, 2.45) is 0 Å². The fourth-order valence-electron chi connectivity index (χ4n) is 2.15. The fraction of sp³-hybridized carbons (Fsp3) is 0.111. The minimum Gasteiger partial charge on any atom is -0.349 e. The first-order chi connectivity index (χ1) is 12.3. The van der Waals surface area contributed by atoms with Crippen LogP contribution in [0.3, 0.4) is 0 Å². The van der Waals surface area contributed by atoms with Gasteiger partial charge in [-0.05, 0) is 36.4 Å². The molecule has 0 aliphatic heterocycles. The molecule has 0 atom stereocenters. The van der Waals surface area contributed by atoms with Crippen LogP contribution in [-0.2, 0) is 14.8 Å². The Morgan fingerprint density at radius 2 is 1.73 bits per heavy atom. The number of nitrogens with one attached hydrogen (secondary N) is 3. The predicted octanol–water partition coefficient (Wildman–Crippen LogP) is 2.36. The Labute approximate surface area is 152 Å². The van der Waals surface area contributed by atoms with Gasteiger partial charge in [0, 0.05) is 19.2 Å². The van der Waals surface area contributed by atoms with Gasteiger partial charge in [-0.25, -0.2) is 8.42 Å². The Morgan fingerprint density at radius 1 is 1.08 bits per heavy atom. The molecule has 7 nitrogen and oxygen atoms in total. The Morgan fingerprint density at radius 3 is 2.35 bits per heavy atom. The second kappa shape index (κ2) is 8.30. The van der Waals surface area contributed by atoms with Gasteiger partial charge in [-0.2, -0.15) is 0 Å². The van der Waals surface area contributed by atoms with E-state index in [0.717, 1.165) is 0 Å². The highest BCUT2D eigenvalue weighted by Gasteiger charge is 2.18. The number of amides is 2. The van der Waals surface area contributed by atoms with Crippen molar-refractivity contribution in [3.05, 3.63) is 66.7 Å². The standard InChI is InChI=1S/C18H19N3O4S/c1-3-12-19-18(23)16-6-4-5-7-17(16)21-26(24,25)15-10-8-14(9-11-15)20-13(2)22/h3-11,21H,1,12H2,2H3,(H,19,23)(H,20,22). The summed E-state index contributed by atoms with van der Waals surface area (Å²) < 4.78 is 27.6. The monoisotopic (exact) mass is 373 g/mol. The zero-order valence-corrected chi connectivity index (χ0v) is 15.0. The molecule has 0 saturated heterocycles. The number of anilines is 2. The van der Waals surface area contributed by atoms with Gasteiger partial charge in [-0.1, -0.05) is 18.2 Å². The third-order valence-electron chi connectivity index (χ3n) is 3.31. The molecule has 2 aromatic carbocycles. The topological polar surface area (TPSA) is 104 Å². The maximum atomic E-state index is 12.6. The maximum Gasteiger partial charge on any atom is 0.261 e. The molecule has 8 heteroatoms. The molecule has 136 valence electrons. The van der Waals surface area contributed by atoms with Crippen molar-refractivity contribution >= 4 is 33.2 Å². The van der Waals surface area contributed by atoms with Crippen molar-refractivity contribution in [3.8, 4) is 0 Å². The minimum absolute atomic E-state index is 0.00732. The van der Waals surface area contributed by atoms with E-state index < -0.39 is 15.9 Å². The van der Waals surface area contributed by atoms with Crippen molar-refractivity contribution in [1.82, 2.24) is 5.32 Å². The van der Waals surface area contributed by atoms with E-state index in [-0.39, 0.29) is 28.6 Å². The fourth-order valence-corrected chi connectivity index (χ4v) is 3.23. The van der Waals surface area contributed by atoms with E-state index >= 15 is 0 Å². The SMILES string of the molecule is C=CCNC(=O)c1ccccc1NS(=O)(=O)c1ccc(NC(C)=O)cc1. The van der Waals surface area contributed by atoms with Gasteiger partial charge in [0.05, 0.1) is 16.1 Å². The van der Waals surface area contributed by atoms with Crippen molar-refractivity contribution in [1.29, 1.82) is 0 Å². The van der Waals surface area contributed by atoms with E-state index in [4.69, 9.17) is 0 Å². The predicted molar refractivity (Wildman–Crippen MR) is 101 cm³/mol. The van der Waals surface area contributed by atoms with E-state index in [9.17, 15) is 18.0 Å². The van der Waals surface area contributed by atoms with Gasteiger partial charge in [0.1, 0.15) is 0 Å². The average Bonchev–Trinajstić information content (AvgIpc) is 2.59. The van der Waals surface area contributed by atoms with Crippen molar-refractivity contribution in [3.63, 3.8) is 0 Å². The summed E-state index contributed by atoms with van der Waals surface area (Å²) >= 11 is 0. The van der Waals surface area contributed by atoms with Crippen LogP contribution in [0.25, 0.3) is 0 Å². The first-order valence-electron chi connectivity index (χ1n) is 7.72. The second-order valence-electron chi connectivity index (χ2n) is 5.36. The molecule has 2 aromatic rings. The molecule has 0 aromatic heterocycles. The Bertz CT molecular complexity index is 922. The average molecular weight is 373 g/mol. The van der Waals surface area contributed by atoms with E-state index in [0.29, 0.717) is 5.69 Å². The summed E-state index contributed by atoms with van der Waals surface area (Å²) in [6, 6.07) is 12.0. The molecule has 0 aliphatic rings. The van der Waals surface area contributed by atoms with Gasteiger partial charge in [-0.15, -0.1) is 6.58 Å². The molecule has 0 saturated carbocycles. The summed E-state index contributed by atoms with van der Waals surface area (Å²) in [6.07, 6.45) is 1.53. The molecule has 0 radical (unpaired) electrons. The third-order valence-corrected chi connectivity index (χ3v) is 4.69. The summed E-state index contributed by atoms with van der Waals surface area (Å²) in [7, 11) is -3.90. The lowest BCUT2D eigenvalue weighted by atomic mass is 10.1. The minimum atomic E-state index is -3.90. The number of carbonyl (C=O) groups excluding carboxylic acids is 2. The zero-order chi connectivity index (χ0) is 19.2. The quantitative estimate of drug-likeness (QED) is 0.648. The lowest BCUT2D eigenvalue weighted by molar-refractivity contribution is -0.114. The second-order valence-corrected chi connectivity index (χ2v) is 7.04. The molecule has 2 amide bonds. The lowest BCUT2D eigenvalue weighted by Crippen LogP contribution is -2.25. The van der Waals surface area contributed by atoms with Crippen LogP contribution in [0.4, 0.5) is 11.4 Å². The van der Waals surface area contributed by atoms with E-state index in [2.05, 4.69) is 21.9 Å². The van der Waals surface area contributed by atoms with Gasteiger partial charge < -0.3 is 10.6 Å². The van der Waals surface area contributed by atoms with Gasteiger partial charge in [0.25, 0.3) is 15.9 Å². The van der Waals surface area contributed by atoms with Crippen LogP contribution in [0.1, 0.15) is 17.3 Å². The molecular formula is C18H19N3O4S. The summed E-state index contributed by atoms with van der Waals surface area (Å²) in [4.78, 5) is 23.2. The summed E-state index contributed by atoms with van der Waals surface area (Å²) in [5, 5.41) is 5.17. The van der Waals surface area contributed by atoms with Crippen molar-refractivity contribution in [2.75, 3.05) is 16.6 Å². The summed E-state index contributed by atoms with van der Waals surface area (Å²) in [5.74, 6) is -0.664. The summed E-state index contributed by atoms with van der Waals surface area (Å²) in [6.45, 7) is 5.15. The van der Waals surface area contributed by atoms with Gasteiger partial charge in [-0.3, -0.25) is 14.3 Å². The molecule has 0 fully saturated rings. The highest BCUT2D eigenvalue weighted by Crippen LogP contribution is 2.21. The van der Waals surface area contributed by atoms with Crippen LogP contribution >= 0.6 is 0 Å². The molecule has 0 heterocycles. The third kappa shape index (κ3) is 4.93. The summed E-state index contributed by atoms with van der Waals surface area (Å²) in [5.41, 5.74) is 0.855. The number of hydrogen-bond donors (Lipinski definition) is 3. The van der Waals surface area contributed by atoms with Crippen LogP contribution in [0.15, 0.2) is 66.1 Å². The molecule has 3 N–H and O–H groups in total. The molecular weight excluding hydrogens is 354 g/mol. The van der Waals surface area contributed by atoms with Crippen molar-refractivity contribution in [2.45, 2.75) is 11.8 Å². The Balaban J connectivity index is 2.25. The van der Waals surface area contributed by atoms with E-state index in [1.165, 1.54) is 49.4 Å². The number of benzene rings is 2. The van der Waals surface area contributed by atoms with Gasteiger partial charge >= 0.3 is 0 Å². The Kier molecular flexibility index (Phi) is 6.13.